The third-order valence-corrected chi connectivity index (χ3v) is 3.04. The summed E-state index contributed by atoms with van der Waals surface area (Å²) in [6.07, 6.45) is 0.785. The van der Waals surface area contributed by atoms with E-state index in [-0.39, 0.29) is 17.2 Å². The highest BCUT2D eigenvalue weighted by Crippen LogP contribution is 2.11. The Bertz CT molecular complexity index is 707. The average Bonchev–Trinajstić information content (AvgIpc) is 2.62. The summed E-state index contributed by atoms with van der Waals surface area (Å²) in [5, 5.41) is 0. The molecular weight excluding hydrogens is 234 g/mol. The lowest BCUT2D eigenvalue weighted by Crippen LogP contribution is -2.40. The second kappa shape index (κ2) is 4.32. The number of hydrogen-bond donors (Lipinski definition) is 1. The fraction of sp³-hybridized carbons (Fsp3) is 0.545. The number of nitrogen functional groups attached to an aromatic ring is 1. The van der Waals surface area contributed by atoms with Crippen LogP contribution in [0.15, 0.2) is 9.59 Å². The Labute approximate surface area is 103 Å². The van der Waals surface area contributed by atoms with Gasteiger partial charge in [-0.3, -0.25) is 13.9 Å². The molecule has 2 heterocycles. The molecule has 0 unspecified atom stereocenters. The van der Waals surface area contributed by atoms with Gasteiger partial charge in [0.25, 0.3) is 5.56 Å². The lowest BCUT2D eigenvalue weighted by Gasteiger charge is -2.09. The molecule has 2 rings (SSSR count). The van der Waals surface area contributed by atoms with Crippen LogP contribution in [0, 0.1) is 0 Å². The molecule has 18 heavy (non-hydrogen) atoms. The number of nitrogens with zero attached hydrogens (tertiary/aromatic N) is 4. The van der Waals surface area contributed by atoms with Crippen LogP contribution in [0.4, 0.5) is 5.95 Å². The molecule has 0 aromatic carbocycles. The van der Waals surface area contributed by atoms with Gasteiger partial charge in [0, 0.05) is 20.1 Å². The largest absolute Gasteiger partial charge is 0.369 e. The number of aryl methyl sites for hydroxylation is 2. The zero-order chi connectivity index (χ0) is 13.4. The monoisotopic (exact) mass is 251 g/mol. The van der Waals surface area contributed by atoms with Gasteiger partial charge in [0.05, 0.1) is 0 Å². The molecule has 0 saturated heterocycles. The van der Waals surface area contributed by atoms with E-state index in [9.17, 15) is 9.59 Å². The van der Waals surface area contributed by atoms with E-state index in [2.05, 4.69) is 4.98 Å². The summed E-state index contributed by atoms with van der Waals surface area (Å²) in [5.74, 6) is 0.236. The molecule has 0 fully saturated rings. The van der Waals surface area contributed by atoms with Crippen LogP contribution < -0.4 is 17.0 Å². The van der Waals surface area contributed by atoms with Crippen LogP contribution in [-0.4, -0.2) is 18.7 Å². The van der Waals surface area contributed by atoms with Crippen molar-refractivity contribution in [2.24, 2.45) is 7.05 Å². The first kappa shape index (κ1) is 12.4. The van der Waals surface area contributed by atoms with Crippen molar-refractivity contribution in [2.75, 3.05) is 5.73 Å². The molecule has 98 valence electrons. The van der Waals surface area contributed by atoms with Crippen LogP contribution in [0.2, 0.25) is 0 Å². The number of hydrogen-bond acceptors (Lipinski definition) is 4. The van der Waals surface area contributed by atoms with Crippen molar-refractivity contribution in [1.29, 1.82) is 0 Å². The van der Waals surface area contributed by atoms with Crippen LogP contribution in [0.5, 0.6) is 0 Å². The maximum absolute atomic E-state index is 12.2. The molecule has 7 heteroatoms. The van der Waals surface area contributed by atoms with Crippen molar-refractivity contribution in [2.45, 2.75) is 33.4 Å². The number of aromatic nitrogens is 4. The van der Waals surface area contributed by atoms with Crippen molar-refractivity contribution in [3.63, 3.8) is 0 Å². The molecule has 2 aromatic heterocycles. The fourth-order valence-electron chi connectivity index (χ4n) is 2.08. The lowest BCUT2D eigenvalue weighted by molar-refractivity contribution is 0.579. The third kappa shape index (κ3) is 1.54. The van der Waals surface area contributed by atoms with Crippen molar-refractivity contribution >= 4 is 17.1 Å². The van der Waals surface area contributed by atoms with E-state index in [1.165, 1.54) is 13.7 Å². The highest BCUT2D eigenvalue weighted by molar-refractivity contribution is 5.73. The summed E-state index contributed by atoms with van der Waals surface area (Å²) < 4.78 is 4.24. The predicted molar refractivity (Wildman–Crippen MR) is 69.6 cm³/mol. The highest BCUT2D eigenvalue weighted by Gasteiger charge is 2.17. The van der Waals surface area contributed by atoms with Gasteiger partial charge < -0.3 is 10.3 Å². The van der Waals surface area contributed by atoms with Gasteiger partial charge in [0.15, 0.2) is 11.2 Å². The Morgan fingerprint density at radius 1 is 1.22 bits per heavy atom. The predicted octanol–water partition coefficient (Wildman–Crippen LogP) is -0.0912. The quantitative estimate of drug-likeness (QED) is 0.825. The minimum Gasteiger partial charge on any atom is -0.369 e. The van der Waals surface area contributed by atoms with Crippen LogP contribution in [0.25, 0.3) is 11.2 Å². The van der Waals surface area contributed by atoms with Gasteiger partial charge >= 0.3 is 5.69 Å². The van der Waals surface area contributed by atoms with Crippen LogP contribution in [0.1, 0.15) is 20.3 Å². The molecule has 0 aliphatic rings. The number of anilines is 1. The summed E-state index contributed by atoms with van der Waals surface area (Å²) in [6, 6.07) is 0. The molecule has 0 aliphatic carbocycles. The summed E-state index contributed by atoms with van der Waals surface area (Å²) in [5.41, 5.74) is 5.80. The maximum Gasteiger partial charge on any atom is 0.332 e. The van der Waals surface area contributed by atoms with Gasteiger partial charge in [-0.15, -0.1) is 0 Å². The van der Waals surface area contributed by atoms with E-state index in [1.807, 2.05) is 6.92 Å². The van der Waals surface area contributed by atoms with E-state index in [0.29, 0.717) is 24.3 Å². The van der Waals surface area contributed by atoms with Gasteiger partial charge in [0.2, 0.25) is 5.95 Å². The van der Waals surface area contributed by atoms with E-state index < -0.39 is 0 Å². The Morgan fingerprint density at radius 2 is 1.89 bits per heavy atom. The van der Waals surface area contributed by atoms with Gasteiger partial charge in [-0.1, -0.05) is 6.92 Å². The van der Waals surface area contributed by atoms with Crippen molar-refractivity contribution in [3.8, 4) is 0 Å². The topological polar surface area (TPSA) is 87.8 Å². The first-order valence-corrected chi connectivity index (χ1v) is 5.98. The normalized spacial score (nSPS) is 11.3. The second-order valence-electron chi connectivity index (χ2n) is 4.18. The van der Waals surface area contributed by atoms with Crippen molar-refractivity contribution < 1.29 is 0 Å². The van der Waals surface area contributed by atoms with Gasteiger partial charge in [-0.05, 0) is 13.3 Å². The Balaban J connectivity index is 3.03. The molecule has 7 nitrogen and oxygen atoms in total. The molecule has 0 bridgehead atoms. The summed E-state index contributed by atoms with van der Waals surface area (Å²) in [6.45, 7) is 4.59. The van der Waals surface area contributed by atoms with E-state index >= 15 is 0 Å². The second-order valence-corrected chi connectivity index (χ2v) is 4.18. The minimum atomic E-state index is -0.337. The third-order valence-electron chi connectivity index (χ3n) is 3.04. The summed E-state index contributed by atoms with van der Waals surface area (Å²) in [7, 11) is 1.67. The van der Waals surface area contributed by atoms with Crippen molar-refractivity contribution in [3.05, 3.63) is 20.8 Å². The minimum absolute atomic E-state index is 0.236. The molecule has 2 N–H and O–H groups in total. The summed E-state index contributed by atoms with van der Waals surface area (Å²) >= 11 is 0. The number of imidazole rings is 1. The Kier molecular flexibility index (Phi) is 2.98. The van der Waals surface area contributed by atoms with Crippen LogP contribution in [-0.2, 0) is 20.1 Å². The molecule has 0 aliphatic heterocycles. The average molecular weight is 251 g/mol. The zero-order valence-electron chi connectivity index (χ0n) is 10.8. The Morgan fingerprint density at radius 3 is 2.44 bits per heavy atom. The molecule has 0 amide bonds. The molecule has 0 atom stereocenters. The lowest BCUT2D eigenvalue weighted by atomic mass is 10.4. The van der Waals surface area contributed by atoms with Gasteiger partial charge in [0.1, 0.15) is 0 Å². The summed E-state index contributed by atoms with van der Waals surface area (Å²) in [4.78, 5) is 28.5. The number of rotatable bonds is 3. The highest BCUT2D eigenvalue weighted by atomic mass is 16.2. The molecule has 2 aromatic rings. The smallest absolute Gasteiger partial charge is 0.332 e. The molecular formula is C11H17N5O2. The Hall–Kier alpha value is -2.05. The number of nitrogens with two attached hydrogens (primary N) is 1. The standard InChI is InChI=1S/C11H17N5O2/c1-4-6-16-8-7(14(3)10(12)13-8)9(17)15(5-2)11(16)18/h4-6H2,1-3H3,(H2,12,13). The fourth-order valence-corrected chi connectivity index (χ4v) is 2.08. The van der Waals surface area contributed by atoms with Gasteiger partial charge in [-0.25, -0.2) is 4.79 Å². The zero-order valence-corrected chi connectivity index (χ0v) is 10.8. The molecule has 0 saturated carbocycles. The first-order valence-electron chi connectivity index (χ1n) is 5.98. The first-order chi connectivity index (χ1) is 8.52. The molecule has 0 radical (unpaired) electrons. The van der Waals surface area contributed by atoms with Crippen molar-refractivity contribution in [1.82, 2.24) is 18.7 Å². The van der Waals surface area contributed by atoms with E-state index in [1.54, 1.807) is 14.0 Å². The van der Waals surface area contributed by atoms with Gasteiger partial charge in [-0.2, -0.15) is 4.98 Å². The van der Waals surface area contributed by atoms with Crippen LogP contribution in [0.3, 0.4) is 0 Å². The van der Waals surface area contributed by atoms with E-state index in [4.69, 9.17) is 5.73 Å². The maximum atomic E-state index is 12.2. The van der Waals surface area contributed by atoms with Crippen LogP contribution >= 0.6 is 0 Å². The number of fused-ring (bicyclic) bond motifs is 1. The molecule has 0 spiro atoms. The SMILES string of the molecule is CCCn1c(=O)n(CC)c(=O)c2c1nc(N)n2C. The van der Waals surface area contributed by atoms with E-state index in [0.717, 1.165) is 6.42 Å².